The fourth-order valence-electron chi connectivity index (χ4n) is 3.66. The van der Waals surface area contributed by atoms with E-state index in [1.54, 1.807) is 6.07 Å². The molecule has 2 saturated heterocycles. The van der Waals surface area contributed by atoms with E-state index in [1.807, 2.05) is 6.07 Å². The number of anilines is 1. The SMILES string of the molecule is COc1cc(N2CCC3(CCCCN3)CC2)ccc1[N+](=O)[O-]. The Labute approximate surface area is 130 Å². The van der Waals surface area contributed by atoms with Gasteiger partial charge in [0.05, 0.1) is 12.0 Å². The van der Waals surface area contributed by atoms with Gasteiger partial charge >= 0.3 is 5.69 Å². The van der Waals surface area contributed by atoms with E-state index in [9.17, 15) is 10.1 Å². The molecular weight excluding hydrogens is 282 g/mol. The molecule has 1 spiro atoms. The Bertz CT molecular complexity index is 546. The van der Waals surface area contributed by atoms with Gasteiger partial charge in [0.2, 0.25) is 0 Å². The van der Waals surface area contributed by atoms with Gasteiger partial charge in [-0.05, 0) is 38.3 Å². The first-order valence-electron chi connectivity index (χ1n) is 7.96. The second-order valence-corrected chi connectivity index (χ2v) is 6.26. The van der Waals surface area contributed by atoms with E-state index in [0.29, 0.717) is 11.3 Å². The molecule has 1 aromatic rings. The number of piperidine rings is 2. The fraction of sp³-hybridized carbons (Fsp3) is 0.625. The van der Waals surface area contributed by atoms with Crippen LogP contribution in [-0.4, -0.2) is 37.2 Å². The Morgan fingerprint density at radius 1 is 1.27 bits per heavy atom. The molecule has 1 aromatic carbocycles. The molecule has 2 fully saturated rings. The zero-order valence-corrected chi connectivity index (χ0v) is 13.0. The summed E-state index contributed by atoms with van der Waals surface area (Å²) in [5, 5.41) is 14.7. The Morgan fingerprint density at radius 3 is 2.64 bits per heavy atom. The first-order valence-corrected chi connectivity index (χ1v) is 7.96. The van der Waals surface area contributed by atoms with Gasteiger partial charge in [-0.3, -0.25) is 10.1 Å². The van der Waals surface area contributed by atoms with Crippen LogP contribution in [0.1, 0.15) is 32.1 Å². The van der Waals surface area contributed by atoms with Gasteiger partial charge in [0, 0.05) is 36.4 Å². The lowest BCUT2D eigenvalue weighted by atomic mass is 9.80. The third-order valence-electron chi connectivity index (χ3n) is 5.03. The average Bonchev–Trinajstić information content (AvgIpc) is 2.55. The lowest BCUT2D eigenvalue weighted by molar-refractivity contribution is -0.385. The van der Waals surface area contributed by atoms with Crippen LogP contribution in [0.3, 0.4) is 0 Å². The molecule has 0 radical (unpaired) electrons. The van der Waals surface area contributed by atoms with Gasteiger partial charge < -0.3 is 15.0 Å². The molecule has 0 saturated carbocycles. The lowest BCUT2D eigenvalue weighted by Gasteiger charge is -2.45. The molecule has 0 unspecified atom stereocenters. The van der Waals surface area contributed by atoms with Crippen LogP contribution in [0.15, 0.2) is 18.2 Å². The summed E-state index contributed by atoms with van der Waals surface area (Å²) in [6, 6.07) is 5.15. The minimum absolute atomic E-state index is 0.0219. The van der Waals surface area contributed by atoms with E-state index >= 15 is 0 Å². The van der Waals surface area contributed by atoms with E-state index in [1.165, 1.54) is 32.4 Å². The summed E-state index contributed by atoms with van der Waals surface area (Å²) in [4.78, 5) is 12.9. The molecule has 2 aliphatic rings. The number of nitrogens with one attached hydrogen (secondary N) is 1. The number of benzene rings is 1. The molecule has 22 heavy (non-hydrogen) atoms. The maximum Gasteiger partial charge on any atom is 0.311 e. The average molecular weight is 305 g/mol. The second-order valence-electron chi connectivity index (χ2n) is 6.26. The van der Waals surface area contributed by atoms with Crippen molar-refractivity contribution < 1.29 is 9.66 Å². The molecule has 0 aliphatic carbocycles. The third-order valence-corrected chi connectivity index (χ3v) is 5.03. The Kier molecular flexibility index (Phi) is 4.20. The van der Waals surface area contributed by atoms with Crippen molar-refractivity contribution in [2.45, 2.75) is 37.6 Å². The molecule has 0 atom stereocenters. The standard InChI is InChI=1S/C16H23N3O3/c1-22-15-12-13(4-5-14(15)19(20)21)18-10-7-16(8-11-18)6-2-3-9-17-16/h4-5,12,17H,2-3,6-11H2,1H3. The van der Waals surface area contributed by atoms with Crippen LogP contribution in [0.5, 0.6) is 5.75 Å². The largest absolute Gasteiger partial charge is 0.490 e. The predicted octanol–water partition coefficient (Wildman–Crippen LogP) is 2.72. The highest BCUT2D eigenvalue weighted by atomic mass is 16.6. The molecule has 2 aliphatic heterocycles. The van der Waals surface area contributed by atoms with Crippen molar-refractivity contribution in [1.82, 2.24) is 5.32 Å². The van der Waals surface area contributed by atoms with Crippen molar-refractivity contribution in [1.29, 1.82) is 0 Å². The first-order chi connectivity index (χ1) is 10.6. The van der Waals surface area contributed by atoms with Crippen LogP contribution < -0.4 is 15.0 Å². The number of rotatable bonds is 3. The van der Waals surface area contributed by atoms with Crippen molar-refractivity contribution >= 4 is 11.4 Å². The Morgan fingerprint density at radius 2 is 2.05 bits per heavy atom. The number of hydrogen-bond acceptors (Lipinski definition) is 5. The minimum atomic E-state index is -0.403. The molecular formula is C16H23N3O3. The van der Waals surface area contributed by atoms with Crippen molar-refractivity contribution in [2.75, 3.05) is 31.6 Å². The number of ether oxygens (including phenoxy) is 1. The Hall–Kier alpha value is -1.82. The lowest BCUT2D eigenvalue weighted by Crippen LogP contribution is -2.55. The Balaban J connectivity index is 1.72. The number of nitro groups is 1. The second kappa shape index (κ2) is 6.12. The van der Waals surface area contributed by atoms with Crippen LogP contribution in [0.2, 0.25) is 0 Å². The summed E-state index contributed by atoms with van der Waals surface area (Å²) in [5.74, 6) is 0.332. The fourth-order valence-corrected chi connectivity index (χ4v) is 3.66. The normalized spacial score (nSPS) is 20.9. The van der Waals surface area contributed by atoms with Crippen molar-refractivity contribution in [3.63, 3.8) is 0 Å². The van der Waals surface area contributed by atoms with E-state index in [0.717, 1.165) is 38.2 Å². The highest BCUT2D eigenvalue weighted by Crippen LogP contribution is 2.35. The maximum absolute atomic E-state index is 11.0. The van der Waals surface area contributed by atoms with Crippen LogP contribution in [0, 0.1) is 10.1 Å². The molecule has 3 rings (SSSR count). The van der Waals surface area contributed by atoms with Crippen LogP contribution in [0.25, 0.3) is 0 Å². The van der Waals surface area contributed by atoms with Gasteiger partial charge in [0.15, 0.2) is 5.75 Å². The van der Waals surface area contributed by atoms with E-state index < -0.39 is 4.92 Å². The van der Waals surface area contributed by atoms with Crippen molar-refractivity contribution in [3.05, 3.63) is 28.3 Å². The topological polar surface area (TPSA) is 67.6 Å². The van der Waals surface area contributed by atoms with Gasteiger partial charge in [-0.25, -0.2) is 0 Å². The molecule has 0 aromatic heterocycles. The van der Waals surface area contributed by atoms with Crippen molar-refractivity contribution in [2.24, 2.45) is 0 Å². The molecule has 0 bridgehead atoms. The highest BCUT2D eigenvalue weighted by Gasteiger charge is 2.35. The summed E-state index contributed by atoms with van der Waals surface area (Å²) in [6.45, 7) is 3.09. The van der Waals surface area contributed by atoms with Gasteiger partial charge in [0.25, 0.3) is 0 Å². The third kappa shape index (κ3) is 2.88. The van der Waals surface area contributed by atoms with E-state index in [4.69, 9.17) is 4.74 Å². The summed E-state index contributed by atoms with van der Waals surface area (Å²) in [7, 11) is 1.48. The van der Waals surface area contributed by atoms with Gasteiger partial charge in [-0.15, -0.1) is 0 Å². The van der Waals surface area contributed by atoms with E-state index in [2.05, 4.69) is 10.2 Å². The molecule has 0 amide bonds. The van der Waals surface area contributed by atoms with Gasteiger partial charge in [0.1, 0.15) is 0 Å². The van der Waals surface area contributed by atoms with Crippen LogP contribution in [0.4, 0.5) is 11.4 Å². The van der Waals surface area contributed by atoms with E-state index in [-0.39, 0.29) is 5.69 Å². The molecule has 120 valence electrons. The number of nitrogens with zero attached hydrogens (tertiary/aromatic N) is 2. The van der Waals surface area contributed by atoms with Crippen molar-refractivity contribution in [3.8, 4) is 5.75 Å². The maximum atomic E-state index is 11.0. The van der Waals surface area contributed by atoms with Crippen LogP contribution in [-0.2, 0) is 0 Å². The quantitative estimate of drug-likeness (QED) is 0.687. The molecule has 6 nitrogen and oxygen atoms in total. The van der Waals surface area contributed by atoms with Gasteiger partial charge in [-0.1, -0.05) is 6.42 Å². The highest BCUT2D eigenvalue weighted by molar-refractivity contribution is 5.59. The van der Waals surface area contributed by atoms with Crippen LogP contribution >= 0.6 is 0 Å². The predicted molar refractivity (Wildman–Crippen MR) is 85.7 cm³/mol. The summed E-state index contributed by atoms with van der Waals surface area (Å²) < 4.78 is 5.17. The summed E-state index contributed by atoms with van der Waals surface area (Å²) in [6.07, 6.45) is 6.13. The molecule has 2 heterocycles. The molecule has 6 heteroatoms. The molecule has 1 N–H and O–H groups in total. The van der Waals surface area contributed by atoms with Gasteiger partial charge in [-0.2, -0.15) is 0 Å². The number of methoxy groups -OCH3 is 1. The monoisotopic (exact) mass is 305 g/mol. The number of hydrogen-bond donors (Lipinski definition) is 1. The minimum Gasteiger partial charge on any atom is -0.490 e. The number of nitro benzene ring substituents is 1. The zero-order valence-electron chi connectivity index (χ0n) is 13.0. The summed E-state index contributed by atoms with van der Waals surface area (Å²) in [5.41, 5.74) is 1.35. The first kappa shape index (κ1) is 15.1. The smallest absolute Gasteiger partial charge is 0.311 e. The zero-order chi connectivity index (χ0) is 15.6. The summed E-state index contributed by atoms with van der Waals surface area (Å²) >= 11 is 0.